The van der Waals surface area contributed by atoms with Crippen LogP contribution in [0.25, 0.3) is 0 Å². The van der Waals surface area contributed by atoms with Gasteiger partial charge in [0.25, 0.3) is 0 Å². The summed E-state index contributed by atoms with van der Waals surface area (Å²) in [5.41, 5.74) is 3.33. The molecule has 3 amide bonds. The molecule has 3 rings (SSSR count). The van der Waals surface area contributed by atoms with Gasteiger partial charge in [0, 0.05) is 37.0 Å². The highest BCUT2D eigenvalue weighted by Gasteiger charge is 2.35. The number of rotatable bonds is 5. The van der Waals surface area contributed by atoms with Gasteiger partial charge in [-0.15, -0.1) is 0 Å². The molecule has 1 atom stereocenters. The standard InChI is InChI=1S/C22H25N3O3/c1-14(2)16-4-10-20(11-5-16)25-13-17(12-21(25)27)22(28)24-19-8-6-18(7-9-19)23-15(3)26/h4-11,14,17H,12-13H2,1-3H3,(H,23,26)(H,24,28). The van der Waals surface area contributed by atoms with Gasteiger partial charge in [-0.2, -0.15) is 0 Å². The number of carbonyl (C=O) groups excluding carboxylic acids is 3. The van der Waals surface area contributed by atoms with E-state index in [0.29, 0.717) is 23.8 Å². The van der Waals surface area contributed by atoms with Gasteiger partial charge in [-0.1, -0.05) is 26.0 Å². The van der Waals surface area contributed by atoms with Crippen LogP contribution in [0.2, 0.25) is 0 Å². The van der Waals surface area contributed by atoms with E-state index in [-0.39, 0.29) is 24.1 Å². The van der Waals surface area contributed by atoms with Crippen molar-refractivity contribution in [1.29, 1.82) is 0 Å². The zero-order chi connectivity index (χ0) is 20.3. The van der Waals surface area contributed by atoms with Crippen LogP contribution in [-0.4, -0.2) is 24.3 Å². The van der Waals surface area contributed by atoms with Crippen molar-refractivity contribution in [3.63, 3.8) is 0 Å². The number of benzene rings is 2. The molecular weight excluding hydrogens is 354 g/mol. The number of carbonyl (C=O) groups is 3. The summed E-state index contributed by atoms with van der Waals surface area (Å²) in [4.78, 5) is 37.7. The van der Waals surface area contributed by atoms with Crippen LogP contribution < -0.4 is 15.5 Å². The van der Waals surface area contributed by atoms with Crippen molar-refractivity contribution in [2.45, 2.75) is 33.1 Å². The van der Waals surface area contributed by atoms with Crippen molar-refractivity contribution in [1.82, 2.24) is 0 Å². The summed E-state index contributed by atoms with van der Waals surface area (Å²) >= 11 is 0. The van der Waals surface area contributed by atoms with Crippen molar-refractivity contribution in [2.75, 3.05) is 22.1 Å². The summed E-state index contributed by atoms with van der Waals surface area (Å²) in [5.74, 6) is -0.339. The van der Waals surface area contributed by atoms with Crippen LogP contribution in [0.3, 0.4) is 0 Å². The normalized spacial score (nSPS) is 16.4. The fourth-order valence-corrected chi connectivity index (χ4v) is 3.26. The topological polar surface area (TPSA) is 78.5 Å². The van der Waals surface area contributed by atoms with Gasteiger partial charge in [0.1, 0.15) is 0 Å². The van der Waals surface area contributed by atoms with E-state index in [2.05, 4.69) is 24.5 Å². The number of hydrogen-bond acceptors (Lipinski definition) is 3. The SMILES string of the molecule is CC(=O)Nc1ccc(NC(=O)C2CC(=O)N(c3ccc(C(C)C)cc3)C2)cc1. The minimum atomic E-state index is -0.396. The highest BCUT2D eigenvalue weighted by Crippen LogP contribution is 2.27. The molecule has 0 aromatic heterocycles. The Morgan fingerprint density at radius 2 is 1.54 bits per heavy atom. The fraction of sp³-hybridized carbons (Fsp3) is 0.318. The average molecular weight is 379 g/mol. The van der Waals surface area contributed by atoms with Crippen LogP contribution in [0.1, 0.15) is 38.7 Å². The lowest BCUT2D eigenvalue weighted by Crippen LogP contribution is -2.28. The Balaban J connectivity index is 1.62. The van der Waals surface area contributed by atoms with E-state index in [0.717, 1.165) is 5.69 Å². The van der Waals surface area contributed by atoms with Crippen LogP contribution in [0.4, 0.5) is 17.1 Å². The second-order valence-electron chi connectivity index (χ2n) is 7.40. The second-order valence-corrected chi connectivity index (χ2v) is 7.40. The maximum atomic E-state index is 12.6. The first-order valence-corrected chi connectivity index (χ1v) is 9.42. The Morgan fingerprint density at radius 3 is 2.07 bits per heavy atom. The Morgan fingerprint density at radius 1 is 0.964 bits per heavy atom. The molecule has 2 aromatic carbocycles. The lowest BCUT2D eigenvalue weighted by molar-refractivity contribution is -0.122. The molecule has 0 bridgehead atoms. The van der Waals surface area contributed by atoms with Gasteiger partial charge in [-0.3, -0.25) is 14.4 Å². The zero-order valence-electron chi connectivity index (χ0n) is 16.4. The molecule has 146 valence electrons. The number of nitrogens with one attached hydrogen (secondary N) is 2. The maximum absolute atomic E-state index is 12.6. The summed E-state index contributed by atoms with van der Waals surface area (Å²) in [6.07, 6.45) is 0.196. The van der Waals surface area contributed by atoms with Crippen LogP contribution in [0, 0.1) is 5.92 Å². The summed E-state index contributed by atoms with van der Waals surface area (Å²) in [7, 11) is 0. The predicted molar refractivity (Wildman–Crippen MR) is 110 cm³/mol. The molecule has 0 spiro atoms. The molecular formula is C22H25N3O3. The molecule has 0 aliphatic carbocycles. The molecule has 2 aromatic rings. The first kappa shape index (κ1) is 19.6. The quantitative estimate of drug-likeness (QED) is 0.830. The summed E-state index contributed by atoms with van der Waals surface area (Å²) in [5, 5.41) is 5.53. The minimum Gasteiger partial charge on any atom is -0.326 e. The fourth-order valence-electron chi connectivity index (χ4n) is 3.26. The molecule has 6 heteroatoms. The minimum absolute atomic E-state index is 0.0431. The van der Waals surface area contributed by atoms with E-state index in [1.807, 2.05) is 24.3 Å². The van der Waals surface area contributed by atoms with Crippen LogP contribution in [0.15, 0.2) is 48.5 Å². The first-order valence-electron chi connectivity index (χ1n) is 9.42. The van der Waals surface area contributed by atoms with Gasteiger partial charge in [0.05, 0.1) is 5.92 Å². The Labute approximate surface area is 164 Å². The second kappa shape index (κ2) is 8.25. The van der Waals surface area contributed by atoms with Gasteiger partial charge in [-0.05, 0) is 47.9 Å². The third-order valence-corrected chi connectivity index (χ3v) is 4.84. The maximum Gasteiger partial charge on any atom is 0.229 e. The Bertz CT molecular complexity index is 873. The van der Waals surface area contributed by atoms with Gasteiger partial charge in [0.15, 0.2) is 0 Å². The highest BCUT2D eigenvalue weighted by molar-refractivity contribution is 6.03. The van der Waals surface area contributed by atoms with Gasteiger partial charge >= 0.3 is 0 Å². The molecule has 1 fully saturated rings. The molecule has 1 aliphatic heterocycles. The molecule has 2 N–H and O–H groups in total. The summed E-state index contributed by atoms with van der Waals surface area (Å²) in [6, 6.07) is 14.8. The molecule has 1 heterocycles. The van der Waals surface area contributed by atoms with Gasteiger partial charge < -0.3 is 15.5 Å². The lowest BCUT2D eigenvalue weighted by Gasteiger charge is -2.18. The number of anilines is 3. The van der Waals surface area contributed by atoms with E-state index in [9.17, 15) is 14.4 Å². The van der Waals surface area contributed by atoms with E-state index < -0.39 is 5.92 Å². The lowest BCUT2D eigenvalue weighted by atomic mass is 10.0. The van der Waals surface area contributed by atoms with Crippen molar-refractivity contribution < 1.29 is 14.4 Å². The summed E-state index contributed by atoms with van der Waals surface area (Å²) in [6.45, 7) is 6.06. The summed E-state index contributed by atoms with van der Waals surface area (Å²) < 4.78 is 0. The number of hydrogen-bond donors (Lipinski definition) is 2. The molecule has 0 radical (unpaired) electrons. The van der Waals surface area contributed by atoms with Crippen molar-refractivity contribution in [3.05, 3.63) is 54.1 Å². The van der Waals surface area contributed by atoms with Gasteiger partial charge in [-0.25, -0.2) is 0 Å². The van der Waals surface area contributed by atoms with Crippen LogP contribution in [0.5, 0.6) is 0 Å². The monoisotopic (exact) mass is 379 g/mol. The number of nitrogens with zero attached hydrogens (tertiary/aromatic N) is 1. The van der Waals surface area contributed by atoms with E-state index >= 15 is 0 Å². The first-order chi connectivity index (χ1) is 13.3. The molecule has 6 nitrogen and oxygen atoms in total. The molecule has 1 saturated heterocycles. The van der Waals surface area contributed by atoms with Gasteiger partial charge in [0.2, 0.25) is 17.7 Å². The third kappa shape index (κ3) is 4.57. The van der Waals surface area contributed by atoms with E-state index in [4.69, 9.17) is 0 Å². The van der Waals surface area contributed by atoms with E-state index in [1.54, 1.807) is 29.2 Å². The smallest absolute Gasteiger partial charge is 0.229 e. The number of amides is 3. The van der Waals surface area contributed by atoms with Crippen molar-refractivity contribution >= 4 is 34.8 Å². The van der Waals surface area contributed by atoms with Crippen molar-refractivity contribution in [3.8, 4) is 0 Å². The zero-order valence-corrected chi connectivity index (χ0v) is 16.4. The highest BCUT2D eigenvalue weighted by atomic mass is 16.2. The average Bonchev–Trinajstić information content (AvgIpc) is 3.05. The Hall–Kier alpha value is -3.15. The van der Waals surface area contributed by atoms with Crippen molar-refractivity contribution in [2.24, 2.45) is 5.92 Å². The van der Waals surface area contributed by atoms with Crippen LogP contribution >= 0.6 is 0 Å². The third-order valence-electron chi connectivity index (χ3n) is 4.84. The Kier molecular flexibility index (Phi) is 5.78. The molecule has 0 saturated carbocycles. The largest absolute Gasteiger partial charge is 0.326 e. The van der Waals surface area contributed by atoms with Crippen LogP contribution in [-0.2, 0) is 14.4 Å². The molecule has 28 heavy (non-hydrogen) atoms. The van der Waals surface area contributed by atoms with E-state index in [1.165, 1.54) is 12.5 Å². The molecule has 1 aliphatic rings. The molecule has 1 unspecified atom stereocenters. The predicted octanol–water partition coefficient (Wildman–Crippen LogP) is 3.76.